The molecule has 0 aliphatic heterocycles. The van der Waals surface area contributed by atoms with Gasteiger partial charge in [-0.1, -0.05) is 38.0 Å². The standard InChI is InChI=1S/C16H28O2/c1-5-6-9-15(13(2)3)12-11-14(4)8-7-10-16(17)18/h5,14-15H,1-2,6-12H2,3-4H3,(H,17,18)/p-1/t14-,15-/m0/s1. The first-order chi connectivity index (χ1) is 8.47. The molecule has 0 radical (unpaired) electrons. The van der Waals surface area contributed by atoms with Crippen LogP contribution in [0, 0.1) is 11.8 Å². The van der Waals surface area contributed by atoms with E-state index in [0.717, 1.165) is 38.5 Å². The predicted octanol–water partition coefficient (Wildman–Crippen LogP) is 3.48. The van der Waals surface area contributed by atoms with Crippen molar-refractivity contribution in [2.75, 3.05) is 0 Å². The molecule has 0 amide bonds. The Kier molecular flexibility index (Phi) is 9.35. The maximum absolute atomic E-state index is 10.3. The first-order valence-electron chi connectivity index (χ1n) is 6.93. The number of carbonyl (C=O) groups excluding carboxylic acids is 1. The quantitative estimate of drug-likeness (QED) is 0.527. The molecule has 2 atom stereocenters. The molecule has 0 aliphatic rings. The van der Waals surface area contributed by atoms with E-state index in [0.29, 0.717) is 11.8 Å². The second kappa shape index (κ2) is 9.93. The molecule has 0 heterocycles. The number of carboxylic acids is 1. The zero-order chi connectivity index (χ0) is 14.0. The molecule has 2 nitrogen and oxygen atoms in total. The molecular formula is C16H27O2-. The van der Waals surface area contributed by atoms with Gasteiger partial charge >= 0.3 is 0 Å². The van der Waals surface area contributed by atoms with Crippen LogP contribution in [0.3, 0.4) is 0 Å². The largest absolute Gasteiger partial charge is 0.550 e. The van der Waals surface area contributed by atoms with Crippen molar-refractivity contribution in [2.24, 2.45) is 11.8 Å². The molecule has 0 fully saturated rings. The van der Waals surface area contributed by atoms with E-state index in [4.69, 9.17) is 0 Å². The molecule has 0 aromatic carbocycles. The summed E-state index contributed by atoms with van der Waals surface area (Å²) < 4.78 is 0. The number of allylic oxidation sites excluding steroid dienone is 2. The SMILES string of the molecule is C=CCC[C@@H](CC[C@@H](C)CCCC(=O)[O-])C(=C)C. The van der Waals surface area contributed by atoms with Crippen LogP contribution in [0.1, 0.15) is 58.8 Å². The maximum Gasteiger partial charge on any atom is 0.0414 e. The highest BCUT2D eigenvalue weighted by atomic mass is 16.4. The van der Waals surface area contributed by atoms with E-state index in [1.807, 2.05) is 6.08 Å². The van der Waals surface area contributed by atoms with Crippen molar-refractivity contribution in [2.45, 2.75) is 58.8 Å². The summed E-state index contributed by atoms with van der Waals surface area (Å²) in [5.41, 5.74) is 1.25. The van der Waals surface area contributed by atoms with Crippen LogP contribution in [-0.4, -0.2) is 5.97 Å². The second-order valence-corrected chi connectivity index (χ2v) is 5.36. The minimum Gasteiger partial charge on any atom is -0.550 e. The molecule has 0 bridgehead atoms. The highest BCUT2D eigenvalue weighted by Crippen LogP contribution is 2.25. The van der Waals surface area contributed by atoms with Gasteiger partial charge in [0.15, 0.2) is 0 Å². The van der Waals surface area contributed by atoms with Crippen molar-refractivity contribution < 1.29 is 9.90 Å². The van der Waals surface area contributed by atoms with Gasteiger partial charge in [-0.15, -0.1) is 6.58 Å². The topological polar surface area (TPSA) is 40.1 Å². The van der Waals surface area contributed by atoms with Gasteiger partial charge in [-0.3, -0.25) is 0 Å². The average Bonchev–Trinajstić information content (AvgIpc) is 2.28. The van der Waals surface area contributed by atoms with Gasteiger partial charge in [-0.25, -0.2) is 0 Å². The lowest BCUT2D eigenvalue weighted by Crippen LogP contribution is -2.21. The monoisotopic (exact) mass is 251 g/mol. The van der Waals surface area contributed by atoms with E-state index < -0.39 is 5.97 Å². The fourth-order valence-electron chi connectivity index (χ4n) is 2.18. The molecule has 0 unspecified atom stereocenters. The highest BCUT2D eigenvalue weighted by molar-refractivity contribution is 5.64. The Labute approximate surface area is 112 Å². The minimum absolute atomic E-state index is 0.185. The molecule has 0 rings (SSSR count). The lowest BCUT2D eigenvalue weighted by Gasteiger charge is -2.19. The summed E-state index contributed by atoms with van der Waals surface area (Å²) in [6, 6.07) is 0. The fraction of sp³-hybridized carbons (Fsp3) is 0.688. The normalized spacial score (nSPS) is 13.9. The van der Waals surface area contributed by atoms with Crippen molar-refractivity contribution in [3.8, 4) is 0 Å². The van der Waals surface area contributed by atoms with Crippen molar-refractivity contribution in [3.63, 3.8) is 0 Å². The van der Waals surface area contributed by atoms with Gasteiger partial charge < -0.3 is 9.90 Å². The summed E-state index contributed by atoms with van der Waals surface area (Å²) in [4.78, 5) is 10.3. The van der Waals surface area contributed by atoms with Crippen molar-refractivity contribution in [1.29, 1.82) is 0 Å². The van der Waals surface area contributed by atoms with E-state index in [-0.39, 0.29) is 6.42 Å². The molecule has 0 spiro atoms. The summed E-state index contributed by atoms with van der Waals surface area (Å²) >= 11 is 0. The van der Waals surface area contributed by atoms with Crippen LogP contribution in [-0.2, 0) is 4.79 Å². The van der Waals surface area contributed by atoms with Crippen molar-refractivity contribution in [1.82, 2.24) is 0 Å². The van der Waals surface area contributed by atoms with Crippen LogP contribution in [0.25, 0.3) is 0 Å². The lowest BCUT2D eigenvalue weighted by atomic mass is 9.87. The first kappa shape index (κ1) is 16.9. The lowest BCUT2D eigenvalue weighted by molar-refractivity contribution is -0.305. The van der Waals surface area contributed by atoms with Crippen LogP contribution >= 0.6 is 0 Å². The Hall–Kier alpha value is -1.05. The van der Waals surface area contributed by atoms with Gasteiger partial charge in [0.1, 0.15) is 0 Å². The molecule has 18 heavy (non-hydrogen) atoms. The van der Waals surface area contributed by atoms with Crippen LogP contribution in [0.4, 0.5) is 0 Å². The summed E-state index contributed by atoms with van der Waals surface area (Å²) in [5.74, 6) is 0.217. The van der Waals surface area contributed by atoms with E-state index >= 15 is 0 Å². The Bertz CT molecular complexity index is 268. The van der Waals surface area contributed by atoms with Crippen LogP contribution in [0.5, 0.6) is 0 Å². The number of carbonyl (C=O) groups is 1. The van der Waals surface area contributed by atoms with Gasteiger partial charge in [0, 0.05) is 5.97 Å². The smallest absolute Gasteiger partial charge is 0.0414 e. The summed E-state index contributed by atoms with van der Waals surface area (Å²) in [6.07, 6.45) is 8.30. The van der Waals surface area contributed by atoms with E-state index in [1.165, 1.54) is 5.57 Å². The maximum atomic E-state index is 10.3. The van der Waals surface area contributed by atoms with Gasteiger partial charge in [0.05, 0.1) is 0 Å². The second-order valence-electron chi connectivity index (χ2n) is 5.36. The molecular weight excluding hydrogens is 224 g/mol. The number of hydrogen-bond donors (Lipinski definition) is 0. The first-order valence-corrected chi connectivity index (χ1v) is 6.93. The Morgan fingerprint density at radius 3 is 2.44 bits per heavy atom. The minimum atomic E-state index is -0.937. The van der Waals surface area contributed by atoms with Gasteiger partial charge in [-0.2, -0.15) is 0 Å². The molecule has 0 aliphatic carbocycles. The molecule has 104 valence electrons. The molecule has 0 N–H and O–H groups in total. The number of carboxylic acid groups (broad SMARTS) is 1. The van der Waals surface area contributed by atoms with Gasteiger partial charge in [0.25, 0.3) is 0 Å². The third-order valence-electron chi connectivity index (χ3n) is 3.50. The van der Waals surface area contributed by atoms with E-state index in [9.17, 15) is 9.90 Å². The predicted molar refractivity (Wildman–Crippen MR) is 75.0 cm³/mol. The zero-order valence-corrected chi connectivity index (χ0v) is 11.9. The Balaban J connectivity index is 3.84. The number of rotatable bonds is 11. The van der Waals surface area contributed by atoms with E-state index in [2.05, 4.69) is 27.0 Å². The molecule has 0 saturated heterocycles. The van der Waals surface area contributed by atoms with Gasteiger partial charge in [0.2, 0.25) is 0 Å². The van der Waals surface area contributed by atoms with E-state index in [1.54, 1.807) is 0 Å². The molecule has 2 heteroatoms. The Morgan fingerprint density at radius 1 is 1.28 bits per heavy atom. The third-order valence-corrected chi connectivity index (χ3v) is 3.50. The van der Waals surface area contributed by atoms with Crippen molar-refractivity contribution in [3.05, 3.63) is 24.8 Å². The summed E-state index contributed by atoms with van der Waals surface area (Å²) in [5, 5.41) is 10.3. The molecule has 0 aromatic rings. The zero-order valence-electron chi connectivity index (χ0n) is 11.9. The molecule has 0 saturated carbocycles. The van der Waals surface area contributed by atoms with Gasteiger partial charge in [-0.05, 0) is 50.9 Å². The van der Waals surface area contributed by atoms with Crippen LogP contribution in [0.15, 0.2) is 24.8 Å². The highest BCUT2D eigenvalue weighted by Gasteiger charge is 2.11. The average molecular weight is 251 g/mol. The number of aliphatic carboxylic acids is 1. The van der Waals surface area contributed by atoms with Crippen LogP contribution in [0.2, 0.25) is 0 Å². The summed E-state index contributed by atoms with van der Waals surface area (Å²) in [6.45, 7) is 12.1. The third kappa shape index (κ3) is 9.03. The van der Waals surface area contributed by atoms with Crippen LogP contribution < -0.4 is 5.11 Å². The molecule has 0 aromatic heterocycles. The number of hydrogen-bond acceptors (Lipinski definition) is 2. The van der Waals surface area contributed by atoms with Crippen molar-refractivity contribution >= 4 is 5.97 Å². The fourth-order valence-corrected chi connectivity index (χ4v) is 2.18. The summed E-state index contributed by atoms with van der Waals surface area (Å²) in [7, 11) is 0. The Morgan fingerprint density at radius 2 is 1.94 bits per heavy atom.